The number of halogens is 2. The first kappa shape index (κ1) is 32.8. The van der Waals surface area contributed by atoms with Gasteiger partial charge in [0, 0.05) is 25.4 Å². The van der Waals surface area contributed by atoms with Gasteiger partial charge in [-0.25, -0.2) is 13.6 Å². The smallest absolute Gasteiger partial charge is 0.328 e. The summed E-state index contributed by atoms with van der Waals surface area (Å²) in [5, 5.41) is 8.21. The Morgan fingerprint density at radius 2 is 1.80 bits per heavy atom. The molecule has 8 nitrogen and oxygen atoms in total. The van der Waals surface area contributed by atoms with Crippen molar-refractivity contribution in [2.75, 3.05) is 19.6 Å². The minimum Gasteiger partial charge on any atom is -0.341 e. The lowest BCUT2D eigenvalue weighted by atomic mass is 9.68. The molecule has 2 rings (SSSR count). The number of carbonyl (C=O) groups is 1. The minimum absolute atomic E-state index is 0.0456. The summed E-state index contributed by atoms with van der Waals surface area (Å²) in [6.45, 7) is 13.6. The van der Waals surface area contributed by atoms with E-state index in [9.17, 15) is 23.2 Å². The third kappa shape index (κ3) is 9.06. The first-order chi connectivity index (χ1) is 18.9. The molecule has 0 saturated carbocycles. The van der Waals surface area contributed by atoms with E-state index in [-0.39, 0.29) is 41.0 Å². The van der Waals surface area contributed by atoms with Crippen molar-refractivity contribution in [2.45, 2.75) is 73.8 Å². The van der Waals surface area contributed by atoms with Crippen LogP contribution in [0.5, 0.6) is 0 Å². The summed E-state index contributed by atoms with van der Waals surface area (Å²) in [7, 11) is 0. The van der Waals surface area contributed by atoms with Crippen molar-refractivity contribution < 1.29 is 13.6 Å². The lowest BCUT2D eigenvalue weighted by Crippen LogP contribution is -2.38. The molecule has 0 aliphatic heterocycles. The number of benzene rings is 1. The summed E-state index contributed by atoms with van der Waals surface area (Å²) in [5.74, 6) is -1.40. The Bertz CT molecular complexity index is 1280. The molecule has 0 radical (unpaired) electrons. The molecule has 1 aromatic carbocycles. The van der Waals surface area contributed by atoms with Crippen LogP contribution in [-0.2, 0) is 11.3 Å². The van der Waals surface area contributed by atoms with Gasteiger partial charge in [-0.05, 0) is 56.1 Å². The van der Waals surface area contributed by atoms with E-state index in [4.69, 9.17) is 0 Å². The highest BCUT2D eigenvalue weighted by Gasteiger charge is 2.31. The number of aromatic amines is 1. The van der Waals surface area contributed by atoms with Crippen LogP contribution in [0.4, 0.5) is 8.78 Å². The van der Waals surface area contributed by atoms with E-state index in [1.54, 1.807) is 4.90 Å². The van der Waals surface area contributed by atoms with Crippen molar-refractivity contribution in [3.63, 3.8) is 0 Å². The lowest BCUT2D eigenvalue weighted by Gasteiger charge is -2.37. The van der Waals surface area contributed by atoms with Crippen LogP contribution in [0, 0.1) is 28.9 Å². The fraction of sp³-hybridized carbons (Fsp3) is 0.567. The van der Waals surface area contributed by atoms with Gasteiger partial charge in [0.15, 0.2) is 0 Å². The molecule has 2 aromatic rings. The number of H-pyrrole nitrogens is 1. The second-order valence-electron chi connectivity index (χ2n) is 10.7. The Morgan fingerprint density at radius 3 is 2.38 bits per heavy atom. The number of aromatic nitrogens is 2. The van der Waals surface area contributed by atoms with Crippen LogP contribution < -0.4 is 11.2 Å². The van der Waals surface area contributed by atoms with Crippen molar-refractivity contribution in [1.29, 1.82) is 0 Å². The van der Waals surface area contributed by atoms with Crippen LogP contribution in [0.1, 0.15) is 72.8 Å². The molecule has 0 bridgehead atoms. The lowest BCUT2D eigenvalue weighted by molar-refractivity contribution is -0.131. The number of rotatable bonds is 15. The zero-order valence-corrected chi connectivity index (χ0v) is 24.5. The maximum absolute atomic E-state index is 14.6. The molecular weight excluding hydrogens is 516 g/mol. The standard InChI is InChI=1S/C30H43F2N5O3/c1-7-30(5,6)22(21(4)19-25(35-33-8-2)28-23(31)14-12-15-24(28)32)13-10-11-17-36(9-3)27(39)20-37-18-16-26(38)34-29(37)40/h12,14-16,18-19,21-22H,7-11,13,17,20H2,1-6H3,(H,34,38,40)/b25-19-,35-33?. The van der Waals surface area contributed by atoms with E-state index in [1.165, 1.54) is 35.0 Å². The van der Waals surface area contributed by atoms with Crippen molar-refractivity contribution >= 4 is 11.6 Å². The number of carbonyl (C=O) groups excluding carboxylic acids is 1. The van der Waals surface area contributed by atoms with Gasteiger partial charge in [-0.2, -0.15) is 10.2 Å². The van der Waals surface area contributed by atoms with Gasteiger partial charge in [-0.3, -0.25) is 19.1 Å². The van der Waals surface area contributed by atoms with Crippen molar-refractivity contribution in [3.05, 3.63) is 74.6 Å². The van der Waals surface area contributed by atoms with Crippen LogP contribution in [0.3, 0.4) is 0 Å². The molecule has 1 N–H and O–H groups in total. The maximum Gasteiger partial charge on any atom is 0.328 e. The summed E-state index contributed by atoms with van der Waals surface area (Å²) in [5.41, 5.74) is -1.14. The van der Waals surface area contributed by atoms with E-state index in [0.717, 1.165) is 25.7 Å². The van der Waals surface area contributed by atoms with Crippen molar-refractivity contribution in [1.82, 2.24) is 14.5 Å². The highest BCUT2D eigenvalue weighted by atomic mass is 19.1. The largest absolute Gasteiger partial charge is 0.341 e. The number of hydrogen-bond acceptors (Lipinski definition) is 5. The molecule has 1 amide bonds. The van der Waals surface area contributed by atoms with Crippen LogP contribution in [0.25, 0.3) is 5.70 Å². The zero-order valence-electron chi connectivity index (χ0n) is 24.5. The molecule has 220 valence electrons. The van der Waals surface area contributed by atoms with Crippen molar-refractivity contribution in [2.24, 2.45) is 27.5 Å². The first-order valence-corrected chi connectivity index (χ1v) is 14.1. The van der Waals surface area contributed by atoms with Gasteiger partial charge in [0.1, 0.15) is 18.2 Å². The Hall–Kier alpha value is -3.43. The highest BCUT2D eigenvalue weighted by molar-refractivity contribution is 5.75. The second kappa shape index (κ2) is 15.4. The number of allylic oxidation sites excluding steroid dienone is 1. The molecule has 40 heavy (non-hydrogen) atoms. The number of likely N-dealkylation sites (N-methyl/N-ethyl adjacent to an activating group) is 1. The third-order valence-corrected chi connectivity index (χ3v) is 7.64. The van der Waals surface area contributed by atoms with E-state index in [2.05, 4.69) is 36.0 Å². The highest BCUT2D eigenvalue weighted by Crippen LogP contribution is 2.41. The monoisotopic (exact) mass is 559 g/mol. The summed E-state index contributed by atoms with van der Waals surface area (Å²) in [6, 6.07) is 4.99. The Kier molecular flexibility index (Phi) is 12.6. The van der Waals surface area contributed by atoms with Crippen molar-refractivity contribution in [3.8, 4) is 0 Å². The fourth-order valence-electron chi connectivity index (χ4n) is 4.99. The van der Waals surface area contributed by atoms with E-state index >= 15 is 0 Å². The molecule has 0 aliphatic carbocycles. The Morgan fingerprint density at radius 1 is 1.12 bits per heavy atom. The third-order valence-electron chi connectivity index (χ3n) is 7.64. The van der Waals surface area contributed by atoms with Crippen LogP contribution >= 0.6 is 0 Å². The van der Waals surface area contributed by atoms with E-state index in [0.29, 0.717) is 19.6 Å². The Balaban J connectivity index is 2.16. The first-order valence-electron chi connectivity index (χ1n) is 14.1. The van der Waals surface area contributed by atoms with Gasteiger partial charge >= 0.3 is 5.69 Å². The molecule has 2 unspecified atom stereocenters. The average Bonchev–Trinajstić information content (AvgIpc) is 2.90. The molecule has 2 atom stereocenters. The molecule has 0 aliphatic rings. The molecule has 1 heterocycles. The van der Waals surface area contributed by atoms with Crippen LogP contribution in [0.2, 0.25) is 0 Å². The maximum atomic E-state index is 14.6. The summed E-state index contributed by atoms with van der Waals surface area (Å²) < 4.78 is 30.4. The van der Waals surface area contributed by atoms with E-state index in [1.807, 2.05) is 26.8 Å². The summed E-state index contributed by atoms with van der Waals surface area (Å²) >= 11 is 0. The number of nitrogens with zero attached hydrogens (tertiary/aromatic N) is 4. The molecular formula is C30H43F2N5O3. The SMILES string of the molecule is CCN=N/C(=C\C(C)C(CCCCN(CC)C(=O)Cn1ccc(=O)[nH]c1=O)C(C)(C)CC)c1c(F)cccc1F. The predicted octanol–water partition coefficient (Wildman–Crippen LogP) is 6.04. The minimum atomic E-state index is -0.673. The van der Waals surface area contributed by atoms with Gasteiger partial charge in [-0.1, -0.05) is 52.7 Å². The number of hydrogen-bond donors (Lipinski definition) is 1. The topological polar surface area (TPSA) is 99.9 Å². The van der Waals surface area contributed by atoms with Crippen LogP contribution in [-0.4, -0.2) is 40.0 Å². The zero-order chi connectivity index (χ0) is 29.9. The number of nitrogens with one attached hydrogen (secondary N) is 1. The second-order valence-corrected chi connectivity index (χ2v) is 10.7. The molecule has 0 spiro atoms. The average molecular weight is 560 g/mol. The number of azo groups is 1. The number of unbranched alkanes of at least 4 members (excludes halogenated alkanes) is 1. The number of amides is 1. The molecule has 10 heteroatoms. The molecule has 1 aromatic heterocycles. The summed E-state index contributed by atoms with van der Waals surface area (Å²) in [6.07, 6.45) is 6.52. The van der Waals surface area contributed by atoms with Gasteiger partial charge < -0.3 is 4.90 Å². The quantitative estimate of drug-likeness (QED) is 0.213. The van der Waals surface area contributed by atoms with Crippen LogP contribution in [0.15, 0.2) is 56.4 Å². The normalized spacial score (nSPS) is 13.9. The van der Waals surface area contributed by atoms with Gasteiger partial charge in [-0.15, -0.1) is 0 Å². The summed E-state index contributed by atoms with van der Waals surface area (Å²) in [4.78, 5) is 39.9. The van der Waals surface area contributed by atoms with Gasteiger partial charge in [0.05, 0.1) is 17.8 Å². The van der Waals surface area contributed by atoms with Gasteiger partial charge in [0.2, 0.25) is 5.91 Å². The molecule has 0 saturated heterocycles. The van der Waals surface area contributed by atoms with Gasteiger partial charge in [0.25, 0.3) is 5.56 Å². The van der Waals surface area contributed by atoms with E-state index < -0.39 is 22.9 Å². The predicted molar refractivity (Wildman–Crippen MR) is 154 cm³/mol. The Labute approximate surface area is 235 Å². The fourth-order valence-corrected chi connectivity index (χ4v) is 4.99. The molecule has 0 fully saturated rings.